The Morgan fingerprint density at radius 3 is 2.37 bits per heavy atom. The molecular weight excluding hydrogens is 489 g/mol. The maximum Gasteiger partial charge on any atom is 0.191 e. The van der Waals surface area contributed by atoms with Crippen molar-refractivity contribution in [2.45, 2.75) is 38.6 Å². The second-order valence-electron chi connectivity index (χ2n) is 7.83. The first kappa shape index (κ1) is 24.5. The molecular formula is C24H34IN3O2. The highest BCUT2D eigenvalue weighted by Gasteiger charge is 2.34. The highest BCUT2D eigenvalue weighted by molar-refractivity contribution is 14.0. The molecule has 0 bridgehead atoms. The van der Waals surface area contributed by atoms with Crippen LogP contribution in [0, 0.1) is 13.8 Å². The lowest BCUT2D eigenvalue weighted by atomic mass is 9.74. The number of hydrogen-bond acceptors (Lipinski definition) is 3. The zero-order chi connectivity index (χ0) is 20.7. The molecule has 0 radical (unpaired) electrons. The van der Waals surface area contributed by atoms with Gasteiger partial charge in [-0.15, -0.1) is 24.0 Å². The first-order valence-corrected chi connectivity index (χ1v) is 10.3. The Balaban J connectivity index is 0.00000320. The molecule has 1 saturated heterocycles. The monoisotopic (exact) mass is 523 g/mol. The van der Waals surface area contributed by atoms with Gasteiger partial charge in [0.1, 0.15) is 5.75 Å². The van der Waals surface area contributed by atoms with Crippen LogP contribution in [0.1, 0.15) is 35.1 Å². The molecule has 2 aromatic rings. The van der Waals surface area contributed by atoms with Crippen LogP contribution >= 0.6 is 24.0 Å². The molecule has 0 aromatic heterocycles. The van der Waals surface area contributed by atoms with E-state index in [1.807, 2.05) is 19.2 Å². The van der Waals surface area contributed by atoms with Crippen LogP contribution in [0.25, 0.3) is 0 Å². The Kier molecular flexibility index (Phi) is 9.42. The van der Waals surface area contributed by atoms with Gasteiger partial charge in [0.05, 0.1) is 7.11 Å². The first-order chi connectivity index (χ1) is 14.1. The summed E-state index contributed by atoms with van der Waals surface area (Å²) in [7, 11) is 3.52. The molecule has 2 N–H and O–H groups in total. The van der Waals surface area contributed by atoms with Gasteiger partial charge in [-0.1, -0.05) is 35.9 Å². The normalized spacial score (nSPS) is 15.8. The Bertz CT molecular complexity index is 831. The van der Waals surface area contributed by atoms with E-state index in [4.69, 9.17) is 9.47 Å². The molecule has 5 nitrogen and oxygen atoms in total. The van der Waals surface area contributed by atoms with Crippen molar-refractivity contribution in [2.24, 2.45) is 4.99 Å². The van der Waals surface area contributed by atoms with Crippen LogP contribution < -0.4 is 15.4 Å². The van der Waals surface area contributed by atoms with Gasteiger partial charge in [0.15, 0.2) is 5.96 Å². The standard InChI is InChI=1S/C24H33N3O2.HI/c1-18-5-6-20(19(2)15-18)16-26-23(25-3)27-17-24(11-13-29-14-12-24)21-7-9-22(28-4)10-8-21;/h5-10,15H,11-14,16-17H2,1-4H3,(H2,25,26,27);1H. The molecule has 0 aliphatic carbocycles. The molecule has 30 heavy (non-hydrogen) atoms. The van der Waals surface area contributed by atoms with Crippen molar-refractivity contribution < 1.29 is 9.47 Å². The fourth-order valence-corrected chi connectivity index (χ4v) is 3.97. The topological polar surface area (TPSA) is 54.9 Å². The lowest BCUT2D eigenvalue weighted by molar-refractivity contribution is 0.0513. The molecule has 1 aliphatic heterocycles. The molecule has 0 spiro atoms. The van der Waals surface area contributed by atoms with Crippen molar-refractivity contribution in [3.8, 4) is 5.75 Å². The van der Waals surface area contributed by atoms with Crippen LogP contribution in [0.3, 0.4) is 0 Å². The third-order valence-electron chi connectivity index (χ3n) is 5.91. The summed E-state index contributed by atoms with van der Waals surface area (Å²) in [5.74, 6) is 1.71. The number of nitrogens with one attached hydrogen (secondary N) is 2. The molecule has 0 amide bonds. The Labute approximate surface area is 197 Å². The average Bonchev–Trinajstić information content (AvgIpc) is 2.75. The second kappa shape index (κ2) is 11.6. The van der Waals surface area contributed by atoms with Crippen molar-refractivity contribution in [1.82, 2.24) is 10.6 Å². The van der Waals surface area contributed by atoms with Gasteiger partial charge in [0.2, 0.25) is 0 Å². The summed E-state index contributed by atoms with van der Waals surface area (Å²) in [6.07, 6.45) is 1.97. The van der Waals surface area contributed by atoms with Crippen molar-refractivity contribution >= 4 is 29.9 Å². The number of hydrogen-bond donors (Lipinski definition) is 2. The average molecular weight is 523 g/mol. The predicted molar refractivity (Wildman–Crippen MR) is 134 cm³/mol. The summed E-state index contributed by atoms with van der Waals surface area (Å²) in [6, 6.07) is 15.0. The highest BCUT2D eigenvalue weighted by Crippen LogP contribution is 2.35. The number of aliphatic imine (C=N–C) groups is 1. The second-order valence-corrected chi connectivity index (χ2v) is 7.83. The van der Waals surface area contributed by atoms with Crippen molar-refractivity contribution in [3.05, 3.63) is 64.7 Å². The van der Waals surface area contributed by atoms with Crippen molar-refractivity contribution in [2.75, 3.05) is 33.9 Å². The van der Waals surface area contributed by atoms with Gasteiger partial charge in [-0.3, -0.25) is 4.99 Å². The fourth-order valence-electron chi connectivity index (χ4n) is 3.97. The van der Waals surface area contributed by atoms with Gasteiger partial charge >= 0.3 is 0 Å². The maximum absolute atomic E-state index is 5.65. The summed E-state index contributed by atoms with van der Waals surface area (Å²) in [6.45, 7) is 7.41. The molecule has 0 saturated carbocycles. The smallest absolute Gasteiger partial charge is 0.191 e. The van der Waals surface area contributed by atoms with E-state index >= 15 is 0 Å². The van der Waals surface area contributed by atoms with Gasteiger partial charge < -0.3 is 20.1 Å². The molecule has 1 heterocycles. The van der Waals surface area contributed by atoms with Crippen LogP contribution in [0.4, 0.5) is 0 Å². The molecule has 1 aliphatic rings. The number of aryl methyl sites for hydroxylation is 2. The van der Waals surface area contributed by atoms with Crippen molar-refractivity contribution in [3.63, 3.8) is 0 Å². The van der Waals surface area contributed by atoms with E-state index in [9.17, 15) is 0 Å². The SMILES string of the molecule is CN=C(NCc1ccc(C)cc1C)NCC1(c2ccc(OC)cc2)CCOCC1.I. The number of guanidine groups is 1. The summed E-state index contributed by atoms with van der Waals surface area (Å²) in [5, 5.41) is 7.02. The molecule has 6 heteroatoms. The minimum absolute atomic E-state index is 0. The molecule has 2 aromatic carbocycles. The lowest BCUT2D eigenvalue weighted by Crippen LogP contribution is -2.47. The van der Waals surface area contributed by atoms with E-state index in [1.165, 1.54) is 22.3 Å². The number of ether oxygens (including phenoxy) is 2. The van der Waals surface area contributed by atoms with E-state index in [-0.39, 0.29) is 29.4 Å². The largest absolute Gasteiger partial charge is 0.497 e. The first-order valence-electron chi connectivity index (χ1n) is 10.3. The van der Waals surface area contributed by atoms with Crippen molar-refractivity contribution in [1.29, 1.82) is 0 Å². The van der Waals surface area contributed by atoms with E-state index in [0.717, 1.165) is 50.9 Å². The van der Waals surface area contributed by atoms with E-state index in [0.29, 0.717) is 0 Å². The quantitative estimate of drug-likeness (QED) is 0.336. The molecule has 0 unspecified atom stereocenters. The van der Waals surface area contributed by atoms with Gasteiger partial charge in [0, 0.05) is 38.8 Å². The highest BCUT2D eigenvalue weighted by atomic mass is 127. The summed E-state index contributed by atoms with van der Waals surface area (Å²) in [4.78, 5) is 4.43. The number of halogens is 1. The molecule has 3 rings (SSSR count). The molecule has 0 atom stereocenters. The van der Waals surface area contributed by atoms with Crippen LogP contribution in [0.2, 0.25) is 0 Å². The third kappa shape index (κ3) is 6.11. The molecule has 164 valence electrons. The van der Waals surface area contributed by atoms with Gasteiger partial charge in [-0.25, -0.2) is 0 Å². The summed E-state index contributed by atoms with van der Waals surface area (Å²) < 4.78 is 11.0. The predicted octanol–water partition coefficient (Wildman–Crippen LogP) is 4.34. The zero-order valence-electron chi connectivity index (χ0n) is 18.5. The number of benzene rings is 2. The number of nitrogens with zero attached hydrogens (tertiary/aromatic N) is 1. The van der Waals surface area contributed by atoms with Crippen LogP contribution in [0.5, 0.6) is 5.75 Å². The van der Waals surface area contributed by atoms with Crippen LogP contribution in [0.15, 0.2) is 47.5 Å². The fraction of sp³-hybridized carbons (Fsp3) is 0.458. The van der Waals surface area contributed by atoms with E-state index in [2.05, 4.69) is 59.8 Å². The summed E-state index contributed by atoms with van der Waals surface area (Å²) >= 11 is 0. The van der Waals surface area contributed by atoms with Crippen LogP contribution in [-0.2, 0) is 16.7 Å². The number of rotatable bonds is 6. The lowest BCUT2D eigenvalue weighted by Gasteiger charge is -2.38. The van der Waals surface area contributed by atoms with Crippen LogP contribution in [-0.4, -0.2) is 39.9 Å². The zero-order valence-corrected chi connectivity index (χ0v) is 20.8. The third-order valence-corrected chi connectivity index (χ3v) is 5.91. The summed E-state index contributed by atoms with van der Waals surface area (Å²) in [5.41, 5.74) is 5.22. The minimum Gasteiger partial charge on any atom is -0.497 e. The van der Waals surface area contributed by atoms with Gasteiger partial charge in [0.25, 0.3) is 0 Å². The van der Waals surface area contributed by atoms with Gasteiger partial charge in [-0.05, 0) is 55.5 Å². The van der Waals surface area contributed by atoms with E-state index < -0.39 is 0 Å². The Morgan fingerprint density at radius 1 is 1.07 bits per heavy atom. The minimum atomic E-state index is 0. The Morgan fingerprint density at radius 2 is 1.77 bits per heavy atom. The van der Waals surface area contributed by atoms with E-state index in [1.54, 1.807) is 7.11 Å². The number of methoxy groups -OCH3 is 1. The molecule has 1 fully saturated rings. The Hall–Kier alpha value is -1.80. The van der Waals surface area contributed by atoms with Gasteiger partial charge in [-0.2, -0.15) is 0 Å². The maximum atomic E-state index is 5.65.